The van der Waals surface area contributed by atoms with Crippen molar-refractivity contribution in [2.24, 2.45) is 5.41 Å². The van der Waals surface area contributed by atoms with Gasteiger partial charge in [-0.2, -0.15) is 0 Å². The van der Waals surface area contributed by atoms with Crippen molar-refractivity contribution in [2.45, 2.75) is 52.0 Å². The van der Waals surface area contributed by atoms with Gasteiger partial charge in [0.25, 0.3) is 0 Å². The molecule has 1 saturated carbocycles. The largest absolute Gasteiger partial charge is 0.310 e. The average Bonchev–Trinajstić information content (AvgIpc) is 2.37. The standard InChI is InChI=1S/C16H22F3N/c1-3-20-15(16(2)7-5-4-6-8-16)14-12(18)9-11(17)10-13(14)19/h9-10,15,20H,3-8H2,1-2H3. The van der Waals surface area contributed by atoms with Gasteiger partial charge in [0.2, 0.25) is 0 Å². The fraction of sp³-hybridized carbons (Fsp3) is 0.625. The Balaban J connectivity index is 2.43. The zero-order valence-electron chi connectivity index (χ0n) is 12.1. The first kappa shape index (κ1) is 15.4. The van der Waals surface area contributed by atoms with E-state index in [4.69, 9.17) is 0 Å². The molecule has 0 spiro atoms. The third-order valence-electron chi connectivity index (χ3n) is 4.43. The Hall–Kier alpha value is -1.03. The Kier molecular flexibility index (Phi) is 4.74. The maximum atomic E-state index is 14.1. The summed E-state index contributed by atoms with van der Waals surface area (Å²) in [4.78, 5) is 0. The van der Waals surface area contributed by atoms with Gasteiger partial charge in [0.1, 0.15) is 17.5 Å². The second kappa shape index (κ2) is 6.17. The van der Waals surface area contributed by atoms with E-state index in [1.165, 1.54) is 6.42 Å². The highest BCUT2D eigenvalue weighted by Crippen LogP contribution is 2.46. The van der Waals surface area contributed by atoms with Gasteiger partial charge in [-0.1, -0.05) is 33.1 Å². The number of rotatable bonds is 4. The Morgan fingerprint density at radius 2 is 1.65 bits per heavy atom. The van der Waals surface area contributed by atoms with Crippen LogP contribution in [0.4, 0.5) is 13.2 Å². The Morgan fingerprint density at radius 3 is 2.15 bits per heavy atom. The zero-order chi connectivity index (χ0) is 14.8. The molecule has 1 fully saturated rings. The van der Waals surface area contributed by atoms with Crippen LogP contribution in [-0.4, -0.2) is 6.54 Å². The third-order valence-corrected chi connectivity index (χ3v) is 4.43. The first-order valence-electron chi connectivity index (χ1n) is 7.36. The fourth-order valence-electron chi connectivity index (χ4n) is 3.38. The third kappa shape index (κ3) is 3.00. The van der Waals surface area contributed by atoms with Gasteiger partial charge >= 0.3 is 0 Å². The van der Waals surface area contributed by atoms with Gasteiger partial charge in [-0.3, -0.25) is 0 Å². The molecule has 1 atom stereocenters. The summed E-state index contributed by atoms with van der Waals surface area (Å²) in [6.45, 7) is 4.61. The molecule has 0 heterocycles. The molecule has 1 aliphatic rings. The van der Waals surface area contributed by atoms with Crippen LogP contribution in [0.2, 0.25) is 0 Å². The first-order chi connectivity index (χ1) is 9.48. The van der Waals surface area contributed by atoms with Crippen molar-refractivity contribution in [3.63, 3.8) is 0 Å². The highest BCUT2D eigenvalue weighted by molar-refractivity contribution is 5.26. The highest BCUT2D eigenvalue weighted by Gasteiger charge is 2.38. The summed E-state index contributed by atoms with van der Waals surface area (Å²) in [6.07, 6.45) is 5.18. The number of nitrogens with one attached hydrogen (secondary N) is 1. The second-order valence-corrected chi connectivity index (χ2v) is 5.99. The fourth-order valence-corrected chi connectivity index (χ4v) is 3.38. The smallest absolute Gasteiger partial charge is 0.133 e. The average molecular weight is 285 g/mol. The Bertz CT molecular complexity index is 444. The van der Waals surface area contributed by atoms with Gasteiger partial charge in [-0.15, -0.1) is 0 Å². The van der Waals surface area contributed by atoms with Gasteiger partial charge in [-0.05, 0) is 24.8 Å². The number of halogens is 3. The Labute approximate surface area is 118 Å². The van der Waals surface area contributed by atoms with Crippen molar-refractivity contribution in [3.8, 4) is 0 Å². The molecule has 1 aromatic carbocycles. The maximum Gasteiger partial charge on any atom is 0.133 e. The lowest BCUT2D eigenvalue weighted by Gasteiger charge is -2.41. The molecular formula is C16H22F3N. The first-order valence-corrected chi connectivity index (χ1v) is 7.36. The molecule has 0 aromatic heterocycles. The molecule has 2 rings (SSSR count). The van der Waals surface area contributed by atoms with E-state index in [-0.39, 0.29) is 11.0 Å². The van der Waals surface area contributed by atoms with E-state index in [0.29, 0.717) is 6.54 Å². The predicted molar refractivity (Wildman–Crippen MR) is 73.9 cm³/mol. The van der Waals surface area contributed by atoms with E-state index in [1.54, 1.807) is 0 Å². The summed E-state index contributed by atoms with van der Waals surface area (Å²) < 4.78 is 41.3. The van der Waals surface area contributed by atoms with E-state index in [0.717, 1.165) is 37.8 Å². The number of hydrogen-bond acceptors (Lipinski definition) is 1. The molecule has 0 amide bonds. The van der Waals surface area contributed by atoms with E-state index in [1.807, 2.05) is 6.92 Å². The lowest BCUT2D eigenvalue weighted by atomic mass is 9.68. The van der Waals surface area contributed by atoms with Crippen molar-refractivity contribution >= 4 is 0 Å². The van der Waals surface area contributed by atoms with Crippen LogP contribution in [0.3, 0.4) is 0 Å². The van der Waals surface area contributed by atoms with Crippen LogP contribution >= 0.6 is 0 Å². The molecule has 112 valence electrons. The lowest BCUT2D eigenvalue weighted by molar-refractivity contribution is 0.140. The minimum atomic E-state index is -0.868. The predicted octanol–water partition coefficient (Wildman–Crippen LogP) is 4.72. The van der Waals surface area contributed by atoms with Crippen LogP contribution in [0.5, 0.6) is 0 Å². The van der Waals surface area contributed by atoms with E-state index in [9.17, 15) is 13.2 Å². The van der Waals surface area contributed by atoms with E-state index in [2.05, 4.69) is 12.2 Å². The summed E-state index contributed by atoms with van der Waals surface area (Å²) in [6, 6.07) is 1.14. The molecule has 0 aliphatic heterocycles. The van der Waals surface area contributed by atoms with Crippen LogP contribution in [0.25, 0.3) is 0 Å². The highest BCUT2D eigenvalue weighted by atomic mass is 19.1. The van der Waals surface area contributed by atoms with Gasteiger partial charge in [-0.25, -0.2) is 13.2 Å². The van der Waals surface area contributed by atoms with Crippen LogP contribution in [0.15, 0.2) is 12.1 Å². The number of benzene rings is 1. The van der Waals surface area contributed by atoms with Crippen molar-refractivity contribution in [1.82, 2.24) is 5.32 Å². The summed E-state index contributed by atoms with van der Waals surface area (Å²) in [5.74, 6) is -2.45. The molecule has 0 bridgehead atoms. The minimum absolute atomic E-state index is 0.0161. The Morgan fingerprint density at radius 1 is 1.10 bits per heavy atom. The molecule has 1 nitrogen and oxygen atoms in total. The quantitative estimate of drug-likeness (QED) is 0.843. The molecule has 0 radical (unpaired) electrons. The molecule has 0 saturated heterocycles. The summed E-state index contributed by atoms with van der Waals surface area (Å²) in [5.41, 5.74) is -0.203. The van der Waals surface area contributed by atoms with Crippen molar-refractivity contribution in [2.75, 3.05) is 6.54 Å². The topological polar surface area (TPSA) is 12.0 Å². The minimum Gasteiger partial charge on any atom is -0.310 e. The van der Waals surface area contributed by atoms with Gasteiger partial charge < -0.3 is 5.32 Å². The monoisotopic (exact) mass is 285 g/mol. The van der Waals surface area contributed by atoms with E-state index < -0.39 is 23.5 Å². The molecule has 4 heteroatoms. The van der Waals surface area contributed by atoms with E-state index >= 15 is 0 Å². The molecule has 1 aromatic rings. The summed E-state index contributed by atoms with van der Waals surface area (Å²) >= 11 is 0. The summed E-state index contributed by atoms with van der Waals surface area (Å²) in [7, 11) is 0. The van der Waals surface area contributed by atoms with Crippen molar-refractivity contribution in [3.05, 3.63) is 35.1 Å². The lowest BCUT2D eigenvalue weighted by Crippen LogP contribution is -2.39. The SMILES string of the molecule is CCNC(c1c(F)cc(F)cc1F)C1(C)CCCCC1. The molecule has 1 unspecified atom stereocenters. The molecule has 1 aliphatic carbocycles. The van der Waals surface area contributed by atoms with Gasteiger partial charge in [0.05, 0.1) is 0 Å². The van der Waals surface area contributed by atoms with Crippen LogP contribution < -0.4 is 5.32 Å². The van der Waals surface area contributed by atoms with Crippen LogP contribution in [0.1, 0.15) is 57.6 Å². The molecule has 20 heavy (non-hydrogen) atoms. The maximum absolute atomic E-state index is 14.1. The van der Waals surface area contributed by atoms with Gasteiger partial charge in [0.15, 0.2) is 0 Å². The van der Waals surface area contributed by atoms with Crippen LogP contribution in [0, 0.1) is 22.9 Å². The van der Waals surface area contributed by atoms with Crippen LogP contribution in [-0.2, 0) is 0 Å². The summed E-state index contributed by atoms with van der Waals surface area (Å²) in [5, 5.41) is 3.21. The molecular weight excluding hydrogens is 263 g/mol. The van der Waals surface area contributed by atoms with Gasteiger partial charge in [0, 0.05) is 23.7 Å². The normalized spacial score (nSPS) is 19.9. The van der Waals surface area contributed by atoms with Crippen molar-refractivity contribution in [1.29, 1.82) is 0 Å². The molecule has 1 N–H and O–H groups in total. The second-order valence-electron chi connectivity index (χ2n) is 5.99. The van der Waals surface area contributed by atoms with Crippen molar-refractivity contribution < 1.29 is 13.2 Å². The zero-order valence-corrected chi connectivity index (χ0v) is 12.1. The number of hydrogen-bond donors (Lipinski definition) is 1.